The Morgan fingerprint density at radius 1 is 1.20 bits per heavy atom. The highest BCUT2D eigenvalue weighted by Crippen LogP contribution is 2.37. The monoisotopic (exact) mass is 408 g/mol. The van der Waals surface area contributed by atoms with Gasteiger partial charge in [-0.1, -0.05) is 36.5 Å². The molecule has 9 heteroatoms. The maximum Gasteiger partial charge on any atom is 0.206 e. The van der Waals surface area contributed by atoms with Crippen LogP contribution in [0.25, 0.3) is 11.0 Å². The molecule has 0 saturated carbocycles. The van der Waals surface area contributed by atoms with Crippen LogP contribution in [-0.4, -0.2) is 51.3 Å². The number of halogens is 3. The van der Waals surface area contributed by atoms with Gasteiger partial charge < -0.3 is 19.7 Å². The molecule has 2 N–H and O–H groups in total. The lowest BCUT2D eigenvalue weighted by Crippen LogP contribution is -2.34. The molecule has 138 valence electrons. The Morgan fingerprint density at radius 3 is 2.64 bits per heavy atom. The molecule has 1 aliphatic rings. The Bertz CT molecular complexity index is 755. The lowest BCUT2D eigenvalue weighted by molar-refractivity contribution is -0.0653. The second-order valence-corrected chi connectivity index (χ2v) is 7.13. The number of fused-ring (bicyclic) bond motifs is 1. The van der Waals surface area contributed by atoms with E-state index in [-0.39, 0.29) is 11.9 Å². The zero-order valence-corrected chi connectivity index (χ0v) is 15.8. The standard InChI is InChI=1S/C16H19Cl3N2O4/c1-2-3-4-24-7-12-13(22)14(23)15(25-12)21-11-6-9(18)8(17)5-10(11)20-16(21)19/h5-6,12-15,22-23H,2-4,7H2,1H3/t12-,13-,14-,15-/m1/s1. The normalized spacial score (nSPS) is 26.6. The van der Waals surface area contributed by atoms with Crippen molar-refractivity contribution < 1.29 is 19.7 Å². The van der Waals surface area contributed by atoms with E-state index in [0.717, 1.165) is 12.8 Å². The van der Waals surface area contributed by atoms with Gasteiger partial charge in [-0.25, -0.2) is 4.98 Å². The van der Waals surface area contributed by atoms with Gasteiger partial charge in [-0.3, -0.25) is 4.57 Å². The van der Waals surface area contributed by atoms with Crippen molar-refractivity contribution in [3.05, 3.63) is 27.5 Å². The molecule has 1 aromatic carbocycles. The van der Waals surface area contributed by atoms with Gasteiger partial charge in [0.25, 0.3) is 0 Å². The summed E-state index contributed by atoms with van der Waals surface area (Å²) in [6, 6.07) is 3.19. The highest BCUT2D eigenvalue weighted by atomic mass is 35.5. The lowest BCUT2D eigenvalue weighted by Gasteiger charge is -2.18. The quantitative estimate of drug-likeness (QED) is 0.715. The molecule has 0 aliphatic carbocycles. The predicted octanol–water partition coefficient (Wildman–Crippen LogP) is 3.43. The largest absolute Gasteiger partial charge is 0.387 e. The first kappa shape index (κ1) is 19.2. The molecule has 3 rings (SSSR count). The molecule has 25 heavy (non-hydrogen) atoms. The molecule has 1 aromatic heterocycles. The smallest absolute Gasteiger partial charge is 0.206 e. The summed E-state index contributed by atoms with van der Waals surface area (Å²) in [6.45, 7) is 2.83. The Morgan fingerprint density at radius 2 is 1.92 bits per heavy atom. The summed E-state index contributed by atoms with van der Waals surface area (Å²) >= 11 is 18.3. The molecular weight excluding hydrogens is 391 g/mol. The lowest BCUT2D eigenvalue weighted by atomic mass is 10.1. The SMILES string of the molecule is CCCCOC[C@H]1O[C@@H](n2c(Cl)nc3cc(Cl)c(Cl)cc32)[C@H](O)[C@@H]1O. The van der Waals surface area contributed by atoms with E-state index in [1.54, 1.807) is 12.1 Å². The van der Waals surface area contributed by atoms with Gasteiger partial charge in [0, 0.05) is 6.61 Å². The molecule has 2 heterocycles. The Balaban J connectivity index is 1.85. The van der Waals surface area contributed by atoms with Crippen LogP contribution in [0.1, 0.15) is 26.0 Å². The van der Waals surface area contributed by atoms with Crippen LogP contribution in [0.2, 0.25) is 15.3 Å². The van der Waals surface area contributed by atoms with E-state index in [1.165, 1.54) is 4.57 Å². The van der Waals surface area contributed by atoms with Crippen molar-refractivity contribution >= 4 is 45.8 Å². The number of nitrogens with zero attached hydrogens (tertiary/aromatic N) is 2. The van der Waals surface area contributed by atoms with Crippen LogP contribution in [0.5, 0.6) is 0 Å². The van der Waals surface area contributed by atoms with E-state index in [0.29, 0.717) is 27.7 Å². The molecule has 0 spiro atoms. The minimum atomic E-state index is -1.18. The second kappa shape index (κ2) is 7.96. The zero-order valence-electron chi connectivity index (χ0n) is 13.5. The predicted molar refractivity (Wildman–Crippen MR) is 96.4 cm³/mol. The summed E-state index contributed by atoms with van der Waals surface area (Å²) in [7, 11) is 0. The van der Waals surface area contributed by atoms with E-state index < -0.39 is 24.5 Å². The van der Waals surface area contributed by atoms with Crippen molar-refractivity contribution in [2.45, 2.75) is 44.3 Å². The van der Waals surface area contributed by atoms with Crippen molar-refractivity contribution in [1.82, 2.24) is 9.55 Å². The number of imidazole rings is 1. The van der Waals surface area contributed by atoms with Crippen LogP contribution in [0.3, 0.4) is 0 Å². The number of unbranched alkanes of at least 4 members (excludes halogenated alkanes) is 1. The van der Waals surface area contributed by atoms with Crippen molar-refractivity contribution in [3.8, 4) is 0 Å². The molecule has 4 atom stereocenters. The van der Waals surface area contributed by atoms with Crippen LogP contribution in [0, 0.1) is 0 Å². The van der Waals surface area contributed by atoms with Crippen LogP contribution < -0.4 is 0 Å². The average Bonchev–Trinajstić information content (AvgIpc) is 3.02. The number of ether oxygens (including phenoxy) is 2. The first-order chi connectivity index (χ1) is 11.9. The average molecular weight is 410 g/mol. The van der Waals surface area contributed by atoms with Crippen molar-refractivity contribution in [2.75, 3.05) is 13.2 Å². The Hall–Kier alpha value is -0.600. The number of hydrogen-bond acceptors (Lipinski definition) is 5. The molecule has 0 amide bonds. The molecular formula is C16H19Cl3N2O4. The maximum atomic E-state index is 10.4. The van der Waals surface area contributed by atoms with Crippen molar-refractivity contribution in [3.63, 3.8) is 0 Å². The third-order valence-electron chi connectivity index (χ3n) is 4.20. The number of aromatic nitrogens is 2. The minimum absolute atomic E-state index is 0.108. The number of aliphatic hydroxyl groups excluding tert-OH is 2. The molecule has 0 radical (unpaired) electrons. The summed E-state index contributed by atoms with van der Waals surface area (Å²) < 4.78 is 12.8. The van der Waals surface area contributed by atoms with Gasteiger partial charge in [0.2, 0.25) is 5.28 Å². The maximum absolute atomic E-state index is 10.4. The molecule has 0 unspecified atom stereocenters. The van der Waals surface area contributed by atoms with E-state index in [1.807, 2.05) is 0 Å². The van der Waals surface area contributed by atoms with E-state index in [2.05, 4.69) is 11.9 Å². The fourth-order valence-corrected chi connectivity index (χ4v) is 3.42. The molecule has 6 nitrogen and oxygen atoms in total. The van der Waals surface area contributed by atoms with Gasteiger partial charge in [0.05, 0.1) is 27.7 Å². The third kappa shape index (κ3) is 3.76. The Kier molecular flexibility index (Phi) is 6.11. The van der Waals surface area contributed by atoms with Crippen LogP contribution in [0.4, 0.5) is 0 Å². The minimum Gasteiger partial charge on any atom is -0.387 e. The molecule has 0 bridgehead atoms. The molecule has 1 fully saturated rings. The van der Waals surface area contributed by atoms with Crippen molar-refractivity contribution in [1.29, 1.82) is 0 Å². The number of hydrogen-bond donors (Lipinski definition) is 2. The first-order valence-electron chi connectivity index (χ1n) is 8.05. The van der Waals surface area contributed by atoms with E-state index >= 15 is 0 Å². The molecule has 1 saturated heterocycles. The summed E-state index contributed by atoms with van der Waals surface area (Å²) in [4.78, 5) is 4.21. The summed E-state index contributed by atoms with van der Waals surface area (Å²) in [6.07, 6.45) is -1.89. The number of rotatable bonds is 6. The van der Waals surface area contributed by atoms with Crippen LogP contribution >= 0.6 is 34.8 Å². The summed E-state index contributed by atoms with van der Waals surface area (Å²) in [5, 5.41) is 21.5. The van der Waals surface area contributed by atoms with Gasteiger partial charge in [-0.2, -0.15) is 0 Å². The van der Waals surface area contributed by atoms with Gasteiger partial charge >= 0.3 is 0 Å². The van der Waals surface area contributed by atoms with Gasteiger partial charge in [-0.05, 0) is 30.2 Å². The summed E-state index contributed by atoms with van der Waals surface area (Å²) in [5.41, 5.74) is 1.08. The highest BCUT2D eigenvalue weighted by molar-refractivity contribution is 6.42. The highest BCUT2D eigenvalue weighted by Gasteiger charge is 2.45. The fraction of sp³-hybridized carbons (Fsp3) is 0.562. The van der Waals surface area contributed by atoms with Gasteiger partial charge in [-0.15, -0.1) is 0 Å². The van der Waals surface area contributed by atoms with Gasteiger partial charge in [0.1, 0.15) is 18.3 Å². The van der Waals surface area contributed by atoms with E-state index in [9.17, 15) is 10.2 Å². The van der Waals surface area contributed by atoms with Gasteiger partial charge in [0.15, 0.2) is 6.23 Å². The Labute approximate surface area is 160 Å². The van der Waals surface area contributed by atoms with Crippen LogP contribution in [0.15, 0.2) is 12.1 Å². The summed E-state index contributed by atoms with van der Waals surface area (Å²) in [5.74, 6) is 0. The number of aliphatic hydroxyl groups is 2. The zero-order chi connectivity index (χ0) is 18.1. The molecule has 1 aliphatic heterocycles. The van der Waals surface area contributed by atoms with Crippen LogP contribution in [-0.2, 0) is 9.47 Å². The second-order valence-electron chi connectivity index (χ2n) is 5.98. The molecule has 2 aromatic rings. The fourth-order valence-electron chi connectivity index (χ4n) is 2.83. The van der Waals surface area contributed by atoms with Crippen molar-refractivity contribution in [2.24, 2.45) is 0 Å². The topological polar surface area (TPSA) is 76.7 Å². The van der Waals surface area contributed by atoms with E-state index in [4.69, 9.17) is 44.3 Å². The number of benzene rings is 1. The first-order valence-corrected chi connectivity index (χ1v) is 9.19. The third-order valence-corrected chi connectivity index (χ3v) is 5.19.